The topological polar surface area (TPSA) is 64.6 Å². The number of nitrogens with one attached hydrogen (secondary N) is 1. The van der Waals surface area contributed by atoms with Gasteiger partial charge in [-0.1, -0.05) is 6.07 Å². The van der Waals surface area contributed by atoms with E-state index in [0.29, 0.717) is 18.0 Å². The van der Waals surface area contributed by atoms with Crippen LogP contribution in [0.15, 0.2) is 18.2 Å². The van der Waals surface area contributed by atoms with Crippen LogP contribution in [0.4, 0.5) is 0 Å². The lowest BCUT2D eigenvalue weighted by atomic mass is 10.1. The molecule has 2 aliphatic heterocycles. The molecule has 0 amide bonds. The summed E-state index contributed by atoms with van der Waals surface area (Å²) in [6.45, 7) is 2.45. The smallest absolute Gasteiger partial charge is 0.231 e. The van der Waals surface area contributed by atoms with Crippen LogP contribution in [0.5, 0.6) is 11.5 Å². The first-order valence-corrected chi connectivity index (χ1v) is 7.62. The average Bonchev–Trinajstić information content (AvgIpc) is 2.79. The normalized spacial score (nSPS) is 29.2. The summed E-state index contributed by atoms with van der Waals surface area (Å²) < 4.78 is 34.3. The predicted octanol–water partition coefficient (Wildman–Crippen LogP) is 0.863. The number of benzene rings is 1. The van der Waals surface area contributed by atoms with Crippen LogP contribution in [0.1, 0.15) is 18.5 Å². The van der Waals surface area contributed by atoms with Gasteiger partial charge in [0.15, 0.2) is 21.3 Å². The fourth-order valence-electron chi connectivity index (χ4n) is 2.23. The first kappa shape index (κ1) is 11.8. The molecule has 2 atom stereocenters. The summed E-state index contributed by atoms with van der Waals surface area (Å²) in [4.78, 5) is 0. The van der Waals surface area contributed by atoms with E-state index in [4.69, 9.17) is 9.47 Å². The van der Waals surface area contributed by atoms with E-state index in [0.717, 1.165) is 5.56 Å². The zero-order chi connectivity index (χ0) is 12.8. The SMILES string of the molecule is CC1CNC(c2ccc3c(c2)OCO3)CS1(=O)=O. The monoisotopic (exact) mass is 269 g/mol. The van der Waals surface area contributed by atoms with Crippen molar-refractivity contribution >= 4 is 9.84 Å². The van der Waals surface area contributed by atoms with Gasteiger partial charge in [-0.3, -0.25) is 0 Å². The predicted molar refractivity (Wildman–Crippen MR) is 66.6 cm³/mol. The Labute approximate surface area is 106 Å². The van der Waals surface area contributed by atoms with E-state index in [2.05, 4.69) is 5.32 Å². The molecule has 0 saturated carbocycles. The van der Waals surface area contributed by atoms with Crippen molar-refractivity contribution in [2.45, 2.75) is 18.2 Å². The van der Waals surface area contributed by atoms with Crippen molar-refractivity contribution in [3.8, 4) is 11.5 Å². The third-order valence-corrected chi connectivity index (χ3v) is 5.65. The Kier molecular flexibility index (Phi) is 2.71. The molecule has 98 valence electrons. The van der Waals surface area contributed by atoms with Crippen LogP contribution >= 0.6 is 0 Å². The molecule has 0 spiro atoms. The lowest BCUT2D eigenvalue weighted by molar-refractivity contribution is 0.174. The van der Waals surface area contributed by atoms with Crippen LogP contribution in [0.3, 0.4) is 0 Å². The average molecular weight is 269 g/mol. The van der Waals surface area contributed by atoms with Gasteiger partial charge in [0.25, 0.3) is 0 Å². The van der Waals surface area contributed by atoms with E-state index in [1.54, 1.807) is 6.92 Å². The van der Waals surface area contributed by atoms with Gasteiger partial charge in [-0.2, -0.15) is 0 Å². The summed E-state index contributed by atoms with van der Waals surface area (Å²) in [5.41, 5.74) is 0.926. The second-order valence-corrected chi connectivity index (χ2v) is 7.18. The van der Waals surface area contributed by atoms with Crippen molar-refractivity contribution in [1.29, 1.82) is 0 Å². The molecule has 1 aromatic rings. The van der Waals surface area contributed by atoms with Gasteiger partial charge in [0.1, 0.15) is 0 Å². The maximum absolute atomic E-state index is 11.9. The minimum atomic E-state index is -3.01. The standard InChI is InChI=1S/C12H15NO4S/c1-8-5-13-10(6-18(8,14)15)9-2-3-11-12(4-9)17-7-16-11/h2-4,8,10,13H,5-7H2,1H3. The van der Waals surface area contributed by atoms with Crippen LogP contribution in [0.2, 0.25) is 0 Å². The van der Waals surface area contributed by atoms with Crippen LogP contribution in [0, 0.1) is 0 Å². The maximum Gasteiger partial charge on any atom is 0.231 e. The third-order valence-electron chi connectivity index (χ3n) is 3.46. The quantitative estimate of drug-likeness (QED) is 0.819. The molecule has 1 aromatic carbocycles. The van der Waals surface area contributed by atoms with Crippen molar-refractivity contribution in [2.24, 2.45) is 0 Å². The minimum absolute atomic E-state index is 0.133. The number of rotatable bonds is 1. The first-order chi connectivity index (χ1) is 8.56. The number of ether oxygens (including phenoxy) is 2. The molecular formula is C12H15NO4S. The highest BCUT2D eigenvalue weighted by Crippen LogP contribution is 2.35. The van der Waals surface area contributed by atoms with Crippen molar-refractivity contribution < 1.29 is 17.9 Å². The van der Waals surface area contributed by atoms with Gasteiger partial charge in [-0.05, 0) is 24.6 Å². The molecule has 1 saturated heterocycles. The second kappa shape index (κ2) is 4.13. The molecule has 1 fully saturated rings. The molecule has 18 heavy (non-hydrogen) atoms. The fraction of sp³-hybridized carbons (Fsp3) is 0.500. The molecule has 5 nitrogen and oxygen atoms in total. The van der Waals surface area contributed by atoms with Crippen molar-refractivity contribution in [1.82, 2.24) is 5.32 Å². The van der Waals surface area contributed by atoms with Crippen LogP contribution in [-0.2, 0) is 9.84 Å². The maximum atomic E-state index is 11.9. The number of hydrogen-bond donors (Lipinski definition) is 1. The molecule has 2 heterocycles. The van der Waals surface area contributed by atoms with E-state index >= 15 is 0 Å². The van der Waals surface area contributed by atoms with Crippen LogP contribution in [-0.4, -0.2) is 32.8 Å². The minimum Gasteiger partial charge on any atom is -0.454 e. The zero-order valence-electron chi connectivity index (χ0n) is 10.0. The van der Waals surface area contributed by atoms with Crippen molar-refractivity contribution in [2.75, 3.05) is 19.1 Å². The van der Waals surface area contributed by atoms with Crippen molar-refractivity contribution in [3.05, 3.63) is 23.8 Å². The Bertz CT molecular complexity index is 569. The van der Waals surface area contributed by atoms with Crippen LogP contribution < -0.4 is 14.8 Å². The Hall–Kier alpha value is -1.27. The summed E-state index contributed by atoms with van der Waals surface area (Å²) in [7, 11) is -3.01. The van der Waals surface area contributed by atoms with E-state index in [1.807, 2.05) is 18.2 Å². The van der Waals surface area contributed by atoms with E-state index < -0.39 is 9.84 Å². The molecule has 0 bridgehead atoms. The van der Waals surface area contributed by atoms with E-state index in [1.165, 1.54) is 0 Å². The van der Waals surface area contributed by atoms with Gasteiger partial charge in [0.2, 0.25) is 6.79 Å². The Morgan fingerprint density at radius 1 is 1.28 bits per heavy atom. The molecule has 2 unspecified atom stereocenters. The van der Waals surface area contributed by atoms with E-state index in [9.17, 15) is 8.42 Å². The molecule has 3 rings (SSSR count). The lowest BCUT2D eigenvalue weighted by Gasteiger charge is -2.28. The molecule has 6 heteroatoms. The van der Waals surface area contributed by atoms with Gasteiger partial charge in [-0.15, -0.1) is 0 Å². The summed E-state index contributed by atoms with van der Waals surface area (Å²) in [5.74, 6) is 1.53. The van der Waals surface area contributed by atoms with Gasteiger partial charge >= 0.3 is 0 Å². The van der Waals surface area contributed by atoms with E-state index in [-0.39, 0.29) is 23.8 Å². The third kappa shape index (κ3) is 1.95. The molecule has 0 aromatic heterocycles. The van der Waals surface area contributed by atoms with Gasteiger partial charge < -0.3 is 14.8 Å². The summed E-state index contributed by atoms with van der Waals surface area (Å²) in [6.07, 6.45) is 0. The zero-order valence-corrected chi connectivity index (χ0v) is 10.9. The highest BCUT2D eigenvalue weighted by Gasteiger charge is 2.32. The number of hydrogen-bond acceptors (Lipinski definition) is 5. The summed E-state index contributed by atoms with van der Waals surface area (Å²) in [6, 6.07) is 5.40. The Morgan fingerprint density at radius 3 is 2.83 bits per heavy atom. The largest absolute Gasteiger partial charge is 0.454 e. The van der Waals surface area contributed by atoms with Gasteiger partial charge in [-0.25, -0.2) is 8.42 Å². The van der Waals surface area contributed by atoms with Gasteiger partial charge in [0, 0.05) is 12.6 Å². The molecule has 2 aliphatic rings. The second-order valence-electron chi connectivity index (χ2n) is 4.71. The fourth-order valence-corrected chi connectivity index (χ4v) is 3.69. The summed E-state index contributed by atoms with van der Waals surface area (Å²) in [5, 5.41) is 2.94. The summed E-state index contributed by atoms with van der Waals surface area (Å²) >= 11 is 0. The van der Waals surface area contributed by atoms with Gasteiger partial charge in [0.05, 0.1) is 11.0 Å². The molecule has 0 radical (unpaired) electrons. The molecule has 1 N–H and O–H groups in total. The highest BCUT2D eigenvalue weighted by atomic mass is 32.2. The Balaban J connectivity index is 1.88. The highest BCUT2D eigenvalue weighted by molar-refractivity contribution is 7.92. The molecular weight excluding hydrogens is 254 g/mol. The van der Waals surface area contributed by atoms with Crippen molar-refractivity contribution in [3.63, 3.8) is 0 Å². The molecule has 0 aliphatic carbocycles. The first-order valence-electron chi connectivity index (χ1n) is 5.91. The Morgan fingerprint density at radius 2 is 2.06 bits per heavy atom. The number of fused-ring (bicyclic) bond motifs is 1. The lowest BCUT2D eigenvalue weighted by Crippen LogP contribution is -2.44. The van der Waals surface area contributed by atoms with Crippen LogP contribution in [0.25, 0.3) is 0 Å². The number of sulfone groups is 1.